The highest BCUT2D eigenvalue weighted by Crippen LogP contribution is 2.19. The van der Waals surface area contributed by atoms with Crippen molar-refractivity contribution in [1.82, 2.24) is 15.5 Å². The molecule has 134 valence electrons. The SMILES string of the molecule is CC(NC(=O)CCc1nc(-c2ccc(Cl)cc2)no1)c1ccc(F)cc1. The molecule has 0 radical (unpaired) electrons. The molecule has 0 saturated heterocycles. The fourth-order valence-corrected chi connectivity index (χ4v) is 2.57. The van der Waals surface area contributed by atoms with Gasteiger partial charge in [-0.25, -0.2) is 4.39 Å². The van der Waals surface area contributed by atoms with Crippen LogP contribution in [-0.2, 0) is 11.2 Å². The van der Waals surface area contributed by atoms with E-state index in [2.05, 4.69) is 15.5 Å². The molecule has 0 aliphatic rings. The lowest BCUT2D eigenvalue weighted by Gasteiger charge is -2.13. The first-order valence-corrected chi connectivity index (χ1v) is 8.52. The van der Waals surface area contributed by atoms with Crippen molar-refractivity contribution in [3.63, 3.8) is 0 Å². The van der Waals surface area contributed by atoms with E-state index in [1.807, 2.05) is 6.92 Å². The summed E-state index contributed by atoms with van der Waals surface area (Å²) in [5.74, 6) is 0.393. The molecule has 0 aliphatic carbocycles. The predicted molar refractivity (Wildman–Crippen MR) is 96.0 cm³/mol. The number of hydrogen-bond donors (Lipinski definition) is 1. The molecule has 0 aliphatic heterocycles. The van der Waals surface area contributed by atoms with Crippen molar-refractivity contribution in [2.45, 2.75) is 25.8 Å². The molecule has 3 rings (SSSR count). The van der Waals surface area contributed by atoms with Crippen molar-refractivity contribution in [3.8, 4) is 11.4 Å². The largest absolute Gasteiger partial charge is 0.350 e. The van der Waals surface area contributed by atoms with Gasteiger partial charge in [0.05, 0.1) is 6.04 Å². The van der Waals surface area contributed by atoms with Crippen LogP contribution in [0.4, 0.5) is 4.39 Å². The topological polar surface area (TPSA) is 68.0 Å². The normalized spacial score (nSPS) is 12.0. The maximum atomic E-state index is 12.9. The average Bonchev–Trinajstić information content (AvgIpc) is 3.10. The molecule has 1 atom stereocenters. The maximum absolute atomic E-state index is 12.9. The number of aryl methyl sites for hydroxylation is 1. The predicted octanol–water partition coefficient (Wildman–Crippen LogP) is 4.34. The van der Waals surface area contributed by atoms with Crippen molar-refractivity contribution >= 4 is 17.5 Å². The van der Waals surface area contributed by atoms with Gasteiger partial charge in [-0.2, -0.15) is 4.98 Å². The molecule has 0 fully saturated rings. The van der Waals surface area contributed by atoms with Gasteiger partial charge in [-0.05, 0) is 48.9 Å². The molecule has 0 saturated carbocycles. The molecule has 0 bridgehead atoms. The van der Waals surface area contributed by atoms with E-state index < -0.39 is 0 Å². The van der Waals surface area contributed by atoms with E-state index in [4.69, 9.17) is 16.1 Å². The summed E-state index contributed by atoms with van der Waals surface area (Å²) in [4.78, 5) is 16.4. The van der Waals surface area contributed by atoms with E-state index in [1.165, 1.54) is 12.1 Å². The zero-order valence-electron chi connectivity index (χ0n) is 14.1. The Morgan fingerprint density at radius 3 is 2.58 bits per heavy atom. The molecular formula is C19H17ClFN3O2. The molecule has 2 aromatic carbocycles. The molecule has 7 heteroatoms. The van der Waals surface area contributed by atoms with Crippen LogP contribution in [0.5, 0.6) is 0 Å². The number of nitrogens with one attached hydrogen (secondary N) is 1. The van der Waals surface area contributed by atoms with Crippen LogP contribution in [0.1, 0.15) is 30.8 Å². The highest BCUT2D eigenvalue weighted by Gasteiger charge is 2.13. The van der Waals surface area contributed by atoms with Crippen molar-refractivity contribution in [2.24, 2.45) is 0 Å². The van der Waals surface area contributed by atoms with Gasteiger partial charge >= 0.3 is 0 Å². The smallest absolute Gasteiger partial charge is 0.227 e. The van der Waals surface area contributed by atoms with Crippen LogP contribution in [0.15, 0.2) is 53.1 Å². The Labute approximate surface area is 155 Å². The van der Waals surface area contributed by atoms with Gasteiger partial charge in [0.15, 0.2) is 0 Å². The summed E-state index contributed by atoms with van der Waals surface area (Å²) in [5.41, 5.74) is 1.63. The molecule has 26 heavy (non-hydrogen) atoms. The summed E-state index contributed by atoms with van der Waals surface area (Å²) in [6.07, 6.45) is 0.552. The third kappa shape index (κ3) is 4.67. The molecule has 1 aromatic heterocycles. The molecule has 5 nitrogen and oxygen atoms in total. The zero-order valence-corrected chi connectivity index (χ0v) is 14.8. The second-order valence-corrected chi connectivity index (χ2v) is 6.30. The highest BCUT2D eigenvalue weighted by atomic mass is 35.5. The first-order chi connectivity index (χ1) is 12.5. The number of carbonyl (C=O) groups is 1. The summed E-state index contributed by atoms with van der Waals surface area (Å²) in [5, 5.41) is 7.41. The lowest BCUT2D eigenvalue weighted by atomic mass is 10.1. The Balaban J connectivity index is 1.53. The summed E-state index contributed by atoms with van der Waals surface area (Å²) >= 11 is 5.86. The lowest BCUT2D eigenvalue weighted by molar-refractivity contribution is -0.121. The quantitative estimate of drug-likeness (QED) is 0.698. The number of benzene rings is 2. The van der Waals surface area contributed by atoms with Crippen LogP contribution in [0, 0.1) is 5.82 Å². The number of carbonyl (C=O) groups excluding carboxylic acids is 1. The Bertz CT molecular complexity index is 879. The van der Waals surface area contributed by atoms with E-state index in [0.29, 0.717) is 23.2 Å². The fraction of sp³-hybridized carbons (Fsp3) is 0.211. The molecule has 1 N–H and O–H groups in total. The van der Waals surface area contributed by atoms with Gasteiger partial charge in [0.1, 0.15) is 5.82 Å². The molecule has 3 aromatic rings. The van der Waals surface area contributed by atoms with Gasteiger partial charge in [0.25, 0.3) is 0 Å². The van der Waals surface area contributed by atoms with Crippen LogP contribution in [0.25, 0.3) is 11.4 Å². The zero-order chi connectivity index (χ0) is 18.5. The van der Waals surface area contributed by atoms with Gasteiger partial charge in [-0.1, -0.05) is 28.9 Å². The van der Waals surface area contributed by atoms with E-state index in [9.17, 15) is 9.18 Å². The molecule has 0 spiro atoms. The van der Waals surface area contributed by atoms with E-state index in [1.54, 1.807) is 36.4 Å². The number of nitrogens with zero attached hydrogens (tertiary/aromatic N) is 2. The second-order valence-electron chi connectivity index (χ2n) is 5.86. The highest BCUT2D eigenvalue weighted by molar-refractivity contribution is 6.30. The van der Waals surface area contributed by atoms with Crippen molar-refractivity contribution in [3.05, 3.63) is 70.8 Å². The Hall–Kier alpha value is -2.73. The molecular weight excluding hydrogens is 357 g/mol. The van der Waals surface area contributed by atoms with Crippen LogP contribution in [0.2, 0.25) is 5.02 Å². The van der Waals surface area contributed by atoms with Crippen molar-refractivity contribution < 1.29 is 13.7 Å². The Morgan fingerprint density at radius 2 is 1.88 bits per heavy atom. The average molecular weight is 374 g/mol. The number of rotatable bonds is 6. The van der Waals surface area contributed by atoms with Gasteiger partial charge in [0.2, 0.25) is 17.6 Å². The number of hydrogen-bond acceptors (Lipinski definition) is 4. The summed E-state index contributed by atoms with van der Waals surface area (Å²) < 4.78 is 18.1. The van der Waals surface area contributed by atoms with Crippen molar-refractivity contribution in [2.75, 3.05) is 0 Å². The van der Waals surface area contributed by atoms with E-state index in [-0.39, 0.29) is 24.2 Å². The monoisotopic (exact) mass is 373 g/mol. The van der Waals surface area contributed by atoms with E-state index in [0.717, 1.165) is 11.1 Å². The second kappa shape index (κ2) is 8.10. The van der Waals surface area contributed by atoms with Crippen LogP contribution in [0.3, 0.4) is 0 Å². The lowest BCUT2D eigenvalue weighted by Crippen LogP contribution is -2.26. The standard InChI is InChI=1S/C19H17ClFN3O2/c1-12(13-4-8-16(21)9-5-13)22-17(25)10-11-18-23-19(24-26-18)14-2-6-15(20)7-3-14/h2-9,12H,10-11H2,1H3,(H,22,25). The molecule has 1 unspecified atom stereocenters. The minimum atomic E-state index is -0.305. The van der Waals surface area contributed by atoms with Gasteiger partial charge < -0.3 is 9.84 Å². The Kier molecular flexibility index (Phi) is 5.63. The first-order valence-electron chi connectivity index (χ1n) is 8.14. The van der Waals surface area contributed by atoms with Crippen LogP contribution >= 0.6 is 11.6 Å². The minimum Gasteiger partial charge on any atom is -0.350 e. The minimum absolute atomic E-state index is 0.145. The maximum Gasteiger partial charge on any atom is 0.227 e. The number of amides is 1. The summed E-state index contributed by atoms with van der Waals surface area (Å²) in [6.45, 7) is 1.84. The van der Waals surface area contributed by atoms with Gasteiger partial charge in [-0.15, -0.1) is 0 Å². The number of halogens is 2. The third-order valence-corrected chi connectivity index (χ3v) is 4.14. The van der Waals surface area contributed by atoms with Crippen LogP contribution < -0.4 is 5.32 Å². The molecule has 1 amide bonds. The van der Waals surface area contributed by atoms with Gasteiger partial charge in [0, 0.05) is 23.4 Å². The number of aromatic nitrogens is 2. The van der Waals surface area contributed by atoms with Crippen LogP contribution in [-0.4, -0.2) is 16.0 Å². The van der Waals surface area contributed by atoms with E-state index >= 15 is 0 Å². The van der Waals surface area contributed by atoms with Crippen molar-refractivity contribution in [1.29, 1.82) is 0 Å². The molecule has 1 heterocycles. The Morgan fingerprint density at radius 1 is 1.19 bits per heavy atom. The fourth-order valence-electron chi connectivity index (χ4n) is 2.44. The summed E-state index contributed by atoms with van der Waals surface area (Å²) in [6, 6.07) is 12.9. The third-order valence-electron chi connectivity index (χ3n) is 3.88. The summed E-state index contributed by atoms with van der Waals surface area (Å²) in [7, 11) is 0. The van der Waals surface area contributed by atoms with Gasteiger partial charge in [-0.3, -0.25) is 4.79 Å². The first kappa shape index (κ1) is 18.1.